The molecule has 0 aliphatic carbocycles. The molecular formula is C19H16N2O3. The van der Waals surface area contributed by atoms with Gasteiger partial charge in [0.15, 0.2) is 0 Å². The summed E-state index contributed by atoms with van der Waals surface area (Å²) in [5.74, 6) is 0.150. The van der Waals surface area contributed by atoms with E-state index in [0.29, 0.717) is 11.5 Å². The Bertz CT molecular complexity index is 925. The number of phenolic OH excluding ortho intramolecular Hbond substituents is 1. The number of fused-ring (bicyclic) bond motifs is 1. The van der Waals surface area contributed by atoms with E-state index in [1.165, 1.54) is 0 Å². The first-order valence-electron chi connectivity index (χ1n) is 7.41. The van der Waals surface area contributed by atoms with Gasteiger partial charge in [-0.2, -0.15) is 5.10 Å². The van der Waals surface area contributed by atoms with Gasteiger partial charge >= 0.3 is 0 Å². The molecule has 0 atom stereocenters. The fraction of sp³-hybridized carbons (Fsp3) is 0.0526. The minimum absolute atomic E-state index is 0.0785. The quantitative estimate of drug-likeness (QED) is 0.564. The lowest BCUT2D eigenvalue weighted by Crippen LogP contribution is -2.18. The maximum Gasteiger partial charge on any atom is 0.275 e. The van der Waals surface area contributed by atoms with Crippen LogP contribution in [-0.2, 0) is 0 Å². The van der Waals surface area contributed by atoms with Crippen LogP contribution in [0.2, 0.25) is 0 Å². The number of carbonyl (C=O) groups is 1. The largest absolute Gasteiger partial charge is 0.507 e. The topological polar surface area (TPSA) is 74.8 Å². The summed E-state index contributed by atoms with van der Waals surface area (Å²) < 4.78 is 5.17. The molecule has 24 heavy (non-hydrogen) atoms. The molecule has 0 aliphatic rings. The molecule has 1 heterocycles. The number of hydrogen-bond acceptors (Lipinski definition) is 4. The molecule has 0 radical (unpaired) electrons. The van der Waals surface area contributed by atoms with Gasteiger partial charge in [-0.25, -0.2) is 5.43 Å². The van der Waals surface area contributed by atoms with Gasteiger partial charge in [-0.05, 0) is 54.1 Å². The molecule has 2 aromatic carbocycles. The molecule has 0 bridgehead atoms. The van der Waals surface area contributed by atoms with Crippen LogP contribution in [0.3, 0.4) is 0 Å². The average Bonchev–Trinajstić information content (AvgIpc) is 3.10. The monoisotopic (exact) mass is 320 g/mol. The van der Waals surface area contributed by atoms with E-state index in [4.69, 9.17) is 4.42 Å². The Morgan fingerprint density at radius 3 is 2.62 bits per heavy atom. The minimum atomic E-state index is -0.469. The zero-order chi connectivity index (χ0) is 16.9. The third-order valence-electron chi connectivity index (χ3n) is 3.47. The number of amides is 1. The second-order valence-electron chi connectivity index (χ2n) is 5.26. The van der Waals surface area contributed by atoms with E-state index in [9.17, 15) is 9.90 Å². The van der Waals surface area contributed by atoms with Crippen LogP contribution in [0.1, 0.15) is 23.0 Å². The number of phenols is 1. The van der Waals surface area contributed by atoms with Crippen molar-refractivity contribution in [2.45, 2.75) is 6.92 Å². The van der Waals surface area contributed by atoms with Gasteiger partial charge in [-0.15, -0.1) is 0 Å². The maximum absolute atomic E-state index is 12.2. The predicted octanol–water partition coefficient (Wildman–Crippen LogP) is 3.96. The van der Waals surface area contributed by atoms with Crippen molar-refractivity contribution in [3.05, 3.63) is 72.2 Å². The summed E-state index contributed by atoms with van der Waals surface area (Å²) in [5.41, 5.74) is 3.22. The summed E-state index contributed by atoms with van der Waals surface area (Å²) in [6, 6.07) is 14.3. The first-order chi connectivity index (χ1) is 11.6. The molecular weight excluding hydrogens is 304 g/mol. The minimum Gasteiger partial charge on any atom is -0.507 e. The molecule has 0 saturated carbocycles. The van der Waals surface area contributed by atoms with Crippen molar-refractivity contribution < 1.29 is 14.3 Å². The van der Waals surface area contributed by atoms with Crippen molar-refractivity contribution in [3.63, 3.8) is 0 Å². The average molecular weight is 320 g/mol. The lowest BCUT2D eigenvalue weighted by Gasteiger charge is -2.06. The van der Waals surface area contributed by atoms with Gasteiger partial charge in [-0.3, -0.25) is 4.79 Å². The van der Waals surface area contributed by atoms with Crippen LogP contribution < -0.4 is 5.43 Å². The number of furan rings is 1. The number of nitrogens with zero attached hydrogens (tertiary/aromatic N) is 1. The Morgan fingerprint density at radius 1 is 1.17 bits per heavy atom. The molecule has 1 amide bonds. The van der Waals surface area contributed by atoms with Crippen molar-refractivity contribution in [3.8, 4) is 5.75 Å². The van der Waals surface area contributed by atoms with E-state index in [0.717, 1.165) is 10.8 Å². The second kappa shape index (κ2) is 6.83. The summed E-state index contributed by atoms with van der Waals surface area (Å²) in [6.45, 7) is 1.75. The maximum atomic E-state index is 12.2. The number of hydrogen-bond donors (Lipinski definition) is 2. The Labute approximate surface area is 138 Å². The number of nitrogens with one attached hydrogen (secondary N) is 1. The molecule has 0 unspecified atom stereocenters. The summed E-state index contributed by atoms with van der Waals surface area (Å²) in [5, 5.41) is 15.8. The molecule has 0 aliphatic heterocycles. The predicted molar refractivity (Wildman–Crippen MR) is 93.9 cm³/mol. The van der Waals surface area contributed by atoms with Gasteiger partial charge in [0.05, 0.1) is 17.5 Å². The normalized spacial score (nSPS) is 12.0. The lowest BCUT2D eigenvalue weighted by molar-refractivity contribution is 0.0952. The second-order valence-corrected chi connectivity index (χ2v) is 5.26. The zero-order valence-electron chi connectivity index (χ0n) is 13.1. The Kier molecular flexibility index (Phi) is 4.43. The van der Waals surface area contributed by atoms with E-state index in [2.05, 4.69) is 10.5 Å². The van der Waals surface area contributed by atoms with Crippen molar-refractivity contribution in [2.75, 3.05) is 0 Å². The first-order valence-corrected chi connectivity index (χ1v) is 7.41. The molecule has 1 aromatic heterocycles. The van der Waals surface area contributed by atoms with Crippen molar-refractivity contribution in [2.24, 2.45) is 5.10 Å². The third kappa shape index (κ3) is 3.52. The van der Waals surface area contributed by atoms with Gasteiger partial charge < -0.3 is 9.52 Å². The SMILES string of the molecule is CC(/C=C/c1ccco1)=N\NC(=O)c1cc2ccccc2cc1O. The molecule has 3 aromatic rings. The van der Waals surface area contributed by atoms with Crippen LogP contribution in [-0.4, -0.2) is 16.7 Å². The van der Waals surface area contributed by atoms with Gasteiger partial charge in [0.25, 0.3) is 5.91 Å². The fourth-order valence-electron chi connectivity index (χ4n) is 2.24. The molecule has 120 valence electrons. The Morgan fingerprint density at radius 2 is 1.92 bits per heavy atom. The number of benzene rings is 2. The van der Waals surface area contributed by atoms with Crippen LogP contribution in [0.25, 0.3) is 16.8 Å². The third-order valence-corrected chi connectivity index (χ3v) is 3.47. The van der Waals surface area contributed by atoms with E-state index in [-0.39, 0.29) is 11.3 Å². The smallest absolute Gasteiger partial charge is 0.275 e. The number of hydrazone groups is 1. The van der Waals surface area contributed by atoms with Crippen LogP contribution in [0.4, 0.5) is 0 Å². The number of rotatable bonds is 4. The summed E-state index contributed by atoms with van der Waals surface area (Å²) in [7, 11) is 0. The van der Waals surface area contributed by atoms with Crippen molar-refractivity contribution in [1.29, 1.82) is 0 Å². The van der Waals surface area contributed by atoms with E-state index < -0.39 is 5.91 Å². The van der Waals surface area contributed by atoms with Gasteiger partial charge in [0.2, 0.25) is 0 Å². The van der Waals surface area contributed by atoms with Gasteiger partial charge in [-0.1, -0.05) is 24.3 Å². The highest BCUT2D eigenvalue weighted by Crippen LogP contribution is 2.24. The Hall–Kier alpha value is -3.34. The molecule has 0 fully saturated rings. The van der Waals surface area contributed by atoms with Gasteiger partial charge in [0, 0.05) is 0 Å². The number of carbonyl (C=O) groups excluding carboxylic acids is 1. The standard InChI is InChI=1S/C19H16N2O3/c1-13(8-9-16-7-4-10-24-16)20-21-19(23)17-11-14-5-2-3-6-15(14)12-18(17)22/h2-12,22H,1H3,(H,21,23)/b9-8+,20-13+. The highest BCUT2D eigenvalue weighted by molar-refractivity contribution is 6.03. The van der Waals surface area contributed by atoms with E-state index >= 15 is 0 Å². The molecule has 0 spiro atoms. The van der Waals surface area contributed by atoms with Crippen LogP contribution in [0.5, 0.6) is 5.75 Å². The van der Waals surface area contributed by atoms with E-state index in [1.807, 2.05) is 30.3 Å². The number of aromatic hydroxyl groups is 1. The molecule has 5 nitrogen and oxygen atoms in total. The summed E-state index contributed by atoms with van der Waals surface area (Å²) in [6.07, 6.45) is 5.05. The molecule has 0 saturated heterocycles. The summed E-state index contributed by atoms with van der Waals surface area (Å²) in [4.78, 5) is 12.2. The first kappa shape index (κ1) is 15.6. The zero-order valence-corrected chi connectivity index (χ0v) is 13.1. The molecule has 5 heteroatoms. The van der Waals surface area contributed by atoms with Crippen LogP contribution in [0, 0.1) is 0 Å². The van der Waals surface area contributed by atoms with Crippen LogP contribution >= 0.6 is 0 Å². The lowest BCUT2D eigenvalue weighted by atomic mass is 10.1. The van der Waals surface area contributed by atoms with Gasteiger partial charge in [0.1, 0.15) is 11.5 Å². The highest BCUT2D eigenvalue weighted by atomic mass is 16.3. The molecule has 3 rings (SSSR count). The highest BCUT2D eigenvalue weighted by Gasteiger charge is 2.11. The van der Waals surface area contributed by atoms with E-state index in [1.54, 1.807) is 43.5 Å². The van der Waals surface area contributed by atoms with Crippen molar-refractivity contribution in [1.82, 2.24) is 5.43 Å². The fourth-order valence-corrected chi connectivity index (χ4v) is 2.24. The Balaban J connectivity index is 1.75. The molecule has 2 N–H and O–H groups in total. The van der Waals surface area contributed by atoms with Crippen LogP contribution in [0.15, 0.2) is 70.4 Å². The number of allylic oxidation sites excluding steroid dienone is 1. The summed E-state index contributed by atoms with van der Waals surface area (Å²) >= 11 is 0. The van der Waals surface area contributed by atoms with Crippen molar-refractivity contribution >= 4 is 28.5 Å².